The molecule has 1 fully saturated rings. The van der Waals surface area contributed by atoms with Crippen LogP contribution in [0, 0.1) is 5.92 Å². The molecular formula is C23H41IN4O2. The molecule has 2 unspecified atom stereocenters. The number of guanidine groups is 1. The lowest BCUT2D eigenvalue weighted by molar-refractivity contribution is 0.0888. The van der Waals surface area contributed by atoms with Crippen molar-refractivity contribution in [2.75, 3.05) is 59.7 Å². The van der Waals surface area contributed by atoms with E-state index in [1.165, 1.54) is 5.56 Å². The molecule has 2 atom stereocenters. The number of nitrogens with one attached hydrogen (secondary N) is 2. The zero-order valence-corrected chi connectivity index (χ0v) is 21.3. The predicted molar refractivity (Wildman–Crippen MR) is 136 cm³/mol. The molecule has 0 saturated carbocycles. The summed E-state index contributed by atoms with van der Waals surface area (Å²) in [6, 6.07) is 11.2. The van der Waals surface area contributed by atoms with Gasteiger partial charge in [0.05, 0.1) is 13.2 Å². The van der Waals surface area contributed by atoms with Crippen LogP contribution in [-0.2, 0) is 15.9 Å². The van der Waals surface area contributed by atoms with Crippen molar-refractivity contribution in [2.24, 2.45) is 10.9 Å². The second-order valence-corrected chi connectivity index (χ2v) is 7.60. The van der Waals surface area contributed by atoms with Gasteiger partial charge < -0.3 is 20.1 Å². The van der Waals surface area contributed by atoms with Crippen LogP contribution in [0.5, 0.6) is 0 Å². The number of aliphatic imine (C=N–C) groups is 1. The molecule has 30 heavy (non-hydrogen) atoms. The van der Waals surface area contributed by atoms with Crippen LogP contribution in [-0.4, -0.2) is 76.6 Å². The Morgan fingerprint density at radius 3 is 2.63 bits per heavy atom. The van der Waals surface area contributed by atoms with Crippen molar-refractivity contribution >= 4 is 29.9 Å². The van der Waals surface area contributed by atoms with Gasteiger partial charge in [-0.1, -0.05) is 44.2 Å². The molecule has 0 aliphatic carbocycles. The Hall–Kier alpha value is -0.900. The number of ether oxygens (including phenoxy) is 2. The van der Waals surface area contributed by atoms with E-state index in [2.05, 4.69) is 64.7 Å². The molecule has 1 aliphatic rings. The fourth-order valence-electron chi connectivity index (χ4n) is 3.74. The van der Waals surface area contributed by atoms with E-state index in [1.54, 1.807) is 0 Å². The van der Waals surface area contributed by atoms with Crippen molar-refractivity contribution in [3.8, 4) is 0 Å². The van der Waals surface area contributed by atoms with E-state index < -0.39 is 0 Å². The van der Waals surface area contributed by atoms with Gasteiger partial charge in [0.25, 0.3) is 0 Å². The van der Waals surface area contributed by atoms with E-state index in [1.807, 2.05) is 7.05 Å². The first-order valence-electron chi connectivity index (χ1n) is 11.1. The highest BCUT2D eigenvalue weighted by molar-refractivity contribution is 14.0. The zero-order chi connectivity index (χ0) is 20.7. The second kappa shape index (κ2) is 16.8. The van der Waals surface area contributed by atoms with E-state index in [0.717, 1.165) is 77.8 Å². The molecule has 7 heteroatoms. The van der Waals surface area contributed by atoms with Crippen LogP contribution in [0.4, 0.5) is 0 Å². The minimum Gasteiger partial charge on any atom is -0.381 e. The Bertz CT molecular complexity index is 564. The molecule has 6 nitrogen and oxygen atoms in total. The van der Waals surface area contributed by atoms with Gasteiger partial charge in [-0.3, -0.25) is 9.89 Å². The number of hydrogen-bond donors (Lipinski definition) is 2. The van der Waals surface area contributed by atoms with E-state index in [9.17, 15) is 0 Å². The summed E-state index contributed by atoms with van der Waals surface area (Å²) >= 11 is 0. The first kappa shape index (κ1) is 27.1. The van der Waals surface area contributed by atoms with Gasteiger partial charge in [-0.15, -0.1) is 24.0 Å². The summed E-state index contributed by atoms with van der Waals surface area (Å²) in [5.74, 6) is 1.44. The third-order valence-electron chi connectivity index (χ3n) is 5.51. The topological polar surface area (TPSA) is 58.1 Å². The first-order valence-corrected chi connectivity index (χ1v) is 11.1. The molecule has 2 rings (SSSR count). The molecule has 0 bridgehead atoms. The lowest BCUT2D eigenvalue weighted by Gasteiger charge is -2.30. The van der Waals surface area contributed by atoms with Crippen molar-refractivity contribution in [1.82, 2.24) is 15.5 Å². The van der Waals surface area contributed by atoms with Crippen LogP contribution in [0.15, 0.2) is 35.3 Å². The molecule has 2 N–H and O–H groups in total. The van der Waals surface area contributed by atoms with Crippen molar-refractivity contribution in [1.29, 1.82) is 0 Å². The molecule has 1 aromatic rings. The lowest BCUT2D eigenvalue weighted by Crippen LogP contribution is -2.48. The molecule has 0 amide bonds. The third-order valence-corrected chi connectivity index (χ3v) is 5.51. The number of nitrogens with zero attached hydrogens (tertiary/aromatic N) is 2. The fraction of sp³-hybridized carbons (Fsp3) is 0.696. The van der Waals surface area contributed by atoms with Gasteiger partial charge in [0, 0.05) is 45.3 Å². The van der Waals surface area contributed by atoms with E-state index in [0.29, 0.717) is 12.0 Å². The Kier molecular flexibility index (Phi) is 15.2. The van der Waals surface area contributed by atoms with Crippen molar-refractivity contribution in [3.05, 3.63) is 35.9 Å². The van der Waals surface area contributed by atoms with Gasteiger partial charge in [0.15, 0.2) is 5.96 Å². The smallest absolute Gasteiger partial charge is 0.191 e. The summed E-state index contributed by atoms with van der Waals surface area (Å²) in [5.41, 5.74) is 1.37. The van der Waals surface area contributed by atoms with E-state index in [-0.39, 0.29) is 24.0 Å². The van der Waals surface area contributed by atoms with Crippen molar-refractivity contribution < 1.29 is 9.47 Å². The van der Waals surface area contributed by atoms with E-state index >= 15 is 0 Å². The molecule has 1 heterocycles. The molecule has 0 spiro atoms. The molecule has 0 aromatic heterocycles. The van der Waals surface area contributed by atoms with Gasteiger partial charge >= 0.3 is 0 Å². The van der Waals surface area contributed by atoms with Gasteiger partial charge in [0.2, 0.25) is 0 Å². The van der Waals surface area contributed by atoms with Gasteiger partial charge in [-0.2, -0.15) is 0 Å². The van der Waals surface area contributed by atoms with Crippen LogP contribution in [0.2, 0.25) is 0 Å². The van der Waals surface area contributed by atoms with Gasteiger partial charge in [-0.25, -0.2) is 0 Å². The first-order chi connectivity index (χ1) is 14.3. The number of halogens is 1. The summed E-state index contributed by atoms with van der Waals surface area (Å²) in [5, 5.41) is 6.92. The Morgan fingerprint density at radius 1 is 1.23 bits per heavy atom. The fourth-order valence-corrected chi connectivity index (χ4v) is 3.74. The summed E-state index contributed by atoms with van der Waals surface area (Å²) in [6.45, 7) is 11.6. The zero-order valence-electron chi connectivity index (χ0n) is 18.9. The predicted octanol–water partition coefficient (Wildman–Crippen LogP) is 3.17. The SMILES string of the molecule is CCN(CC)C(CNC(=NC)NCCCOCC1CCOC1)Cc1ccccc1.I. The summed E-state index contributed by atoms with van der Waals surface area (Å²) < 4.78 is 11.1. The maximum atomic E-state index is 5.77. The minimum absolute atomic E-state index is 0. The van der Waals surface area contributed by atoms with Gasteiger partial charge in [-0.05, 0) is 37.9 Å². The van der Waals surface area contributed by atoms with Crippen LogP contribution >= 0.6 is 24.0 Å². The number of benzene rings is 1. The van der Waals surface area contributed by atoms with Crippen molar-refractivity contribution in [3.63, 3.8) is 0 Å². The Balaban J connectivity index is 0.00000450. The molecule has 172 valence electrons. The van der Waals surface area contributed by atoms with E-state index in [4.69, 9.17) is 9.47 Å². The summed E-state index contributed by atoms with van der Waals surface area (Å²) in [4.78, 5) is 6.89. The average molecular weight is 533 g/mol. The number of likely N-dealkylation sites (N-methyl/N-ethyl adjacent to an activating group) is 1. The number of rotatable bonds is 13. The standard InChI is InChI=1S/C23H40N4O2.HI/c1-4-27(5-2)22(16-20-10-7-6-8-11-20)17-26-23(24-3)25-13-9-14-28-18-21-12-15-29-19-21;/h6-8,10-11,21-22H,4-5,9,12-19H2,1-3H3,(H2,24,25,26);1H. The average Bonchev–Trinajstić information content (AvgIpc) is 3.27. The number of hydrogen-bond acceptors (Lipinski definition) is 4. The monoisotopic (exact) mass is 532 g/mol. The Labute approximate surface area is 200 Å². The van der Waals surface area contributed by atoms with Crippen LogP contribution < -0.4 is 10.6 Å². The minimum atomic E-state index is 0. The molecule has 1 saturated heterocycles. The highest BCUT2D eigenvalue weighted by Gasteiger charge is 2.17. The van der Waals surface area contributed by atoms with Crippen LogP contribution in [0.25, 0.3) is 0 Å². The molecule has 1 aliphatic heterocycles. The highest BCUT2D eigenvalue weighted by Crippen LogP contribution is 2.12. The van der Waals surface area contributed by atoms with Crippen molar-refractivity contribution in [2.45, 2.75) is 39.2 Å². The largest absolute Gasteiger partial charge is 0.381 e. The normalized spacial score (nSPS) is 17.6. The maximum Gasteiger partial charge on any atom is 0.191 e. The van der Waals surface area contributed by atoms with Gasteiger partial charge in [0.1, 0.15) is 0 Å². The highest BCUT2D eigenvalue weighted by atomic mass is 127. The third kappa shape index (κ3) is 10.4. The Morgan fingerprint density at radius 2 is 2.00 bits per heavy atom. The van der Waals surface area contributed by atoms with Crippen LogP contribution in [0.1, 0.15) is 32.3 Å². The quantitative estimate of drug-likeness (QED) is 0.177. The molecular weight excluding hydrogens is 491 g/mol. The summed E-state index contributed by atoms with van der Waals surface area (Å²) in [7, 11) is 1.83. The summed E-state index contributed by atoms with van der Waals surface area (Å²) in [6.07, 6.45) is 3.13. The van der Waals surface area contributed by atoms with Crippen LogP contribution in [0.3, 0.4) is 0 Å². The molecule has 0 radical (unpaired) electrons. The maximum absolute atomic E-state index is 5.77. The molecule has 1 aromatic carbocycles. The lowest BCUT2D eigenvalue weighted by atomic mass is 10.0. The second-order valence-electron chi connectivity index (χ2n) is 7.60.